The van der Waals surface area contributed by atoms with E-state index in [0.717, 1.165) is 44.8 Å². The molecule has 1 aromatic carbocycles. The van der Waals surface area contributed by atoms with E-state index in [0.29, 0.717) is 31.7 Å². The molecule has 1 N–H and O–H groups in total. The topological polar surface area (TPSA) is 63.3 Å². The van der Waals surface area contributed by atoms with Crippen LogP contribution in [0, 0.1) is 19.8 Å². The summed E-state index contributed by atoms with van der Waals surface area (Å²) in [4.78, 5) is 16.5. The van der Waals surface area contributed by atoms with E-state index in [1.54, 1.807) is 7.11 Å². The summed E-state index contributed by atoms with van der Waals surface area (Å²) in [5, 5.41) is 2.97. The van der Waals surface area contributed by atoms with Crippen LogP contribution in [0.5, 0.6) is 5.75 Å². The molecule has 7 nitrogen and oxygen atoms in total. The third-order valence-corrected chi connectivity index (χ3v) is 6.27. The van der Waals surface area contributed by atoms with Gasteiger partial charge in [0.25, 0.3) is 0 Å². The lowest BCUT2D eigenvalue weighted by molar-refractivity contribution is -0.126. The van der Waals surface area contributed by atoms with Crippen molar-refractivity contribution in [3.8, 4) is 5.75 Å². The van der Waals surface area contributed by atoms with Gasteiger partial charge >= 0.3 is 0 Å². The minimum absolute atomic E-state index is 0.0589. The lowest BCUT2D eigenvalue weighted by Gasteiger charge is -2.44. The van der Waals surface area contributed by atoms with Gasteiger partial charge in [0.15, 0.2) is 0 Å². The van der Waals surface area contributed by atoms with Crippen molar-refractivity contribution in [2.75, 3.05) is 73.8 Å². The molecule has 1 atom stereocenters. The number of ether oxygens (including phenoxy) is 3. The van der Waals surface area contributed by atoms with Crippen LogP contribution >= 0.6 is 0 Å². The smallest absolute Gasteiger partial charge is 0.246 e. The molecule has 0 aliphatic carbocycles. The molecule has 0 bridgehead atoms. The number of amides is 1. The number of carbonyl (C=O) groups is 1. The van der Waals surface area contributed by atoms with Crippen molar-refractivity contribution in [3.05, 3.63) is 28.8 Å². The average Bonchev–Trinajstić information content (AvgIpc) is 2.72. The normalized spacial score (nSPS) is 15.6. The molecule has 0 aromatic heterocycles. The van der Waals surface area contributed by atoms with Gasteiger partial charge in [-0.15, -0.1) is 0 Å². The number of likely N-dealkylation sites (tertiary alicyclic amines) is 1. The third-order valence-electron chi connectivity index (χ3n) is 6.27. The third kappa shape index (κ3) is 8.35. The Kier molecular flexibility index (Phi) is 11.4. The van der Waals surface area contributed by atoms with Crippen molar-refractivity contribution in [2.24, 2.45) is 5.92 Å². The Bertz CT molecular complexity index is 705. The van der Waals surface area contributed by atoms with E-state index in [2.05, 4.69) is 62.1 Å². The van der Waals surface area contributed by atoms with Crippen LogP contribution in [0.4, 0.5) is 0 Å². The van der Waals surface area contributed by atoms with Crippen molar-refractivity contribution in [3.63, 3.8) is 0 Å². The number of rotatable bonds is 15. The number of hydrogen-bond donors (Lipinski definition) is 1. The maximum Gasteiger partial charge on any atom is 0.246 e. The van der Waals surface area contributed by atoms with E-state index in [-0.39, 0.29) is 12.5 Å². The fourth-order valence-electron chi connectivity index (χ4n) is 4.01. The lowest BCUT2D eigenvalue weighted by Crippen LogP contribution is -2.52. The van der Waals surface area contributed by atoms with Crippen LogP contribution in [0.15, 0.2) is 12.1 Å². The molecule has 0 radical (unpaired) electrons. The molecular weight excluding hydrogens is 406 g/mol. The number of hydrogen-bond acceptors (Lipinski definition) is 6. The van der Waals surface area contributed by atoms with Crippen molar-refractivity contribution in [2.45, 2.75) is 39.7 Å². The summed E-state index contributed by atoms with van der Waals surface area (Å²) in [5.41, 5.74) is 3.91. The summed E-state index contributed by atoms with van der Waals surface area (Å²) in [6.45, 7) is 12.2. The quantitative estimate of drug-likeness (QED) is 0.416. The van der Waals surface area contributed by atoms with Gasteiger partial charge in [0.2, 0.25) is 5.91 Å². The first-order valence-corrected chi connectivity index (χ1v) is 11.8. The van der Waals surface area contributed by atoms with Gasteiger partial charge < -0.3 is 24.4 Å². The van der Waals surface area contributed by atoms with Crippen LogP contribution < -0.4 is 10.1 Å². The average molecular weight is 450 g/mol. The predicted octanol–water partition coefficient (Wildman–Crippen LogP) is 2.80. The molecule has 0 spiro atoms. The molecule has 1 saturated heterocycles. The molecule has 1 heterocycles. The zero-order chi connectivity index (χ0) is 23.5. The van der Waals surface area contributed by atoms with Gasteiger partial charge in [-0.25, -0.2) is 0 Å². The summed E-state index contributed by atoms with van der Waals surface area (Å²) in [6, 6.07) is 4.70. The van der Waals surface area contributed by atoms with Gasteiger partial charge in [0, 0.05) is 38.7 Å². The molecule has 1 aliphatic rings. The summed E-state index contributed by atoms with van der Waals surface area (Å²) < 4.78 is 16.2. The standard InChI is InChI=1S/C25H43N3O4/c1-19-20(2)24(32-12-8-7-11-27(4)5)10-9-23(19)21(3)28-16-22(17-28)15-26-25(29)18-31-14-13-30-6/h9-10,21-22H,7-8,11-18H2,1-6H3,(H,26,29). The minimum Gasteiger partial charge on any atom is -0.493 e. The highest BCUT2D eigenvalue weighted by molar-refractivity contribution is 5.77. The number of unbranched alkanes of at least 4 members (excludes halogenated alkanes) is 1. The Morgan fingerprint density at radius 2 is 1.91 bits per heavy atom. The van der Waals surface area contributed by atoms with Crippen LogP contribution in [0.3, 0.4) is 0 Å². The Balaban J connectivity index is 1.74. The summed E-state index contributed by atoms with van der Waals surface area (Å²) in [5.74, 6) is 1.43. The number of methoxy groups -OCH3 is 1. The highest BCUT2D eigenvalue weighted by Gasteiger charge is 2.31. The number of nitrogens with zero attached hydrogens (tertiary/aromatic N) is 2. The predicted molar refractivity (Wildman–Crippen MR) is 128 cm³/mol. The Labute approximate surface area is 194 Å². The van der Waals surface area contributed by atoms with Crippen molar-refractivity contribution < 1.29 is 19.0 Å². The van der Waals surface area contributed by atoms with Gasteiger partial charge in [0.05, 0.1) is 19.8 Å². The highest BCUT2D eigenvalue weighted by Crippen LogP contribution is 2.34. The Morgan fingerprint density at radius 3 is 2.59 bits per heavy atom. The van der Waals surface area contributed by atoms with Gasteiger partial charge in [-0.1, -0.05) is 6.07 Å². The summed E-state index contributed by atoms with van der Waals surface area (Å²) in [6.07, 6.45) is 2.22. The molecule has 7 heteroatoms. The molecule has 1 aliphatic heterocycles. The van der Waals surface area contributed by atoms with Gasteiger partial charge in [0.1, 0.15) is 12.4 Å². The summed E-state index contributed by atoms with van der Waals surface area (Å²) >= 11 is 0. The second-order valence-corrected chi connectivity index (χ2v) is 9.11. The molecule has 1 unspecified atom stereocenters. The van der Waals surface area contributed by atoms with Crippen molar-refractivity contribution >= 4 is 5.91 Å². The summed E-state index contributed by atoms with van der Waals surface area (Å²) in [7, 11) is 5.82. The Morgan fingerprint density at radius 1 is 1.16 bits per heavy atom. The first-order chi connectivity index (χ1) is 15.3. The fourth-order valence-corrected chi connectivity index (χ4v) is 4.01. The number of benzene rings is 1. The molecule has 32 heavy (non-hydrogen) atoms. The van der Waals surface area contributed by atoms with Gasteiger partial charge in [-0.3, -0.25) is 9.69 Å². The molecular formula is C25H43N3O4. The van der Waals surface area contributed by atoms with Crippen molar-refractivity contribution in [1.82, 2.24) is 15.1 Å². The molecule has 1 aromatic rings. The van der Waals surface area contributed by atoms with E-state index in [9.17, 15) is 4.79 Å². The molecule has 2 rings (SSSR count). The second kappa shape index (κ2) is 13.8. The largest absolute Gasteiger partial charge is 0.493 e. The zero-order valence-corrected chi connectivity index (χ0v) is 20.9. The lowest BCUT2D eigenvalue weighted by atomic mass is 9.91. The first-order valence-electron chi connectivity index (χ1n) is 11.8. The monoisotopic (exact) mass is 449 g/mol. The Hall–Kier alpha value is -1.67. The molecule has 1 amide bonds. The molecule has 0 saturated carbocycles. The van der Waals surface area contributed by atoms with Crippen LogP contribution in [-0.2, 0) is 14.3 Å². The zero-order valence-electron chi connectivity index (χ0n) is 20.9. The van der Waals surface area contributed by atoms with E-state index in [4.69, 9.17) is 14.2 Å². The van der Waals surface area contributed by atoms with Crippen LogP contribution in [0.2, 0.25) is 0 Å². The van der Waals surface area contributed by atoms with Crippen LogP contribution in [0.25, 0.3) is 0 Å². The minimum atomic E-state index is -0.0589. The van der Waals surface area contributed by atoms with Crippen LogP contribution in [-0.4, -0.2) is 89.5 Å². The van der Waals surface area contributed by atoms with Gasteiger partial charge in [-0.2, -0.15) is 0 Å². The van der Waals surface area contributed by atoms with Gasteiger partial charge in [-0.05, 0) is 77.0 Å². The van der Waals surface area contributed by atoms with Crippen molar-refractivity contribution in [1.29, 1.82) is 0 Å². The number of nitrogens with one attached hydrogen (secondary N) is 1. The molecule has 182 valence electrons. The number of carbonyl (C=O) groups excluding carboxylic acids is 1. The van der Waals surface area contributed by atoms with E-state index < -0.39 is 0 Å². The molecule has 1 fully saturated rings. The van der Waals surface area contributed by atoms with E-state index >= 15 is 0 Å². The first kappa shape index (κ1) is 26.6. The fraction of sp³-hybridized carbons (Fsp3) is 0.720. The van der Waals surface area contributed by atoms with E-state index in [1.807, 2.05) is 0 Å². The maximum absolute atomic E-state index is 11.8. The van der Waals surface area contributed by atoms with E-state index in [1.165, 1.54) is 16.7 Å². The SMILES string of the molecule is COCCOCC(=O)NCC1CN(C(C)c2ccc(OCCCCN(C)C)c(C)c2C)C1. The van der Waals surface area contributed by atoms with Crippen LogP contribution in [0.1, 0.15) is 42.5 Å². The second-order valence-electron chi connectivity index (χ2n) is 9.11. The highest BCUT2D eigenvalue weighted by atomic mass is 16.5. The maximum atomic E-state index is 11.8.